The fourth-order valence-electron chi connectivity index (χ4n) is 3.33. The van der Waals surface area contributed by atoms with Crippen LogP contribution in [0.15, 0.2) is 18.2 Å². The highest BCUT2D eigenvalue weighted by molar-refractivity contribution is 6.62. The molecule has 2 amide bonds. The Balaban J connectivity index is 1.78. The second kappa shape index (κ2) is 6.82. The first kappa shape index (κ1) is 19.1. The third-order valence-corrected chi connectivity index (χ3v) is 5.76. The van der Waals surface area contributed by atoms with Gasteiger partial charge in [-0.15, -0.1) is 0 Å². The van der Waals surface area contributed by atoms with Crippen molar-refractivity contribution in [3.8, 4) is 0 Å². The molecule has 1 aromatic rings. The van der Waals surface area contributed by atoms with Crippen molar-refractivity contribution in [2.75, 3.05) is 6.54 Å². The Bertz CT molecular complexity index is 713. The monoisotopic (exact) mass is 357 g/mol. The first-order valence-electron chi connectivity index (χ1n) is 9.54. The van der Waals surface area contributed by atoms with E-state index in [-0.39, 0.29) is 11.8 Å². The van der Waals surface area contributed by atoms with E-state index in [1.165, 1.54) is 4.90 Å². The smallest absolute Gasteiger partial charge is 0.399 e. The summed E-state index contributed by atoms with van der Waals surface area (Å²) >= 11 is 0. The molecule has 5 nitrogen and oxygen atoms in total. The normalized spacial score (nSPS) is 20.8. The number of imide groups is 1. The second-order valence-corrected chi connectivity index (χ2v) is 8.22. The van der Waals surface area contributed by atoms with E-state index in [2.05, 4.69) is 6.92 Å². The maximum absolute atomic E-state index is 12.7. The van der Waals surface area contributed by atoms with Gasteiger partial charge in [0.1, 0.15) is 0 Å². The van der Waals surface area contributed by atoms with E-state index < -0.39 is 18.3 Å². The highest BCUT2D eigenvalue weighted by Crippen LogP contribution is 2.36. The molecule has 0 spiro atoms. The van der Waals surface area contributed by atoms with E-state index in [4.69, 9.17) is 9.31 Å². The number of carbonyl (C=O) groups excluding carboxylic acids is 2. The predicted molar refractivity (Wildman–Crippen MR) is 102 cm³/mol. The number of unbranched alkanes of at least 4 members (excludes halogenated alkanes) is 3. The van der Waals surface area contributed by atoms with Gasteiger partial charge >= 0.3 is 7.12 Å². The van der Waals surface area contributed by atoms with E-state index in [0.29, 0.717) is 17.7 Å². The van der Waals surface area contributed by atoms with Crippen LogP contribution < -0.4 is 5.46 Å². The summed E-state index contributed by atoms with van der Waals surface area (Å²) in [5, 5.41) is 0. The lowest BCUT2D eigenvalue weighted by molar-refractivity contribution is 0.00578. The van der Waals surface area contributed by atoms with Gasteiger partial charge in [0.2, 0.25) is 0 Å². The molecule has 1 fully saturated rings. The van der Waals surface area contributed by atoms with Crippen LogP contribution >= 0.6 is 0 Å². The molecule has 2 aliphatic rings. The molecule has 0 aliphatic carbocycles. The summed E-state index contributed by atoms with van der Waals surface area (Å²) in [5.41, 5.74) is 0.823. The van der Waals surface area contributed by atoms with Crippen LogP contribution in [0.3, 0.4) is 0 Å². The van der Waals surface area contributed by atoms with E-state index in [1.54, 1.807) is 12.1 Å². The number of rotatable bonds is 6. The Morgan fingerprint density at radius 1 is 0.923 bits per heavy atom. The zero-order valence-electron chi connectivity index (χ0n) is 16.4. The minimum Gasteiger partial charge on any atom is -0.399 e. The molecule has 26 heavy (non-hydrogen) atoms. The van der Waals surface area contributed by atoms with Crippen molar-refractivity contribution in [2.24, 2.45) is 0 Å². The van der Waals surface area contributed by atoms with Crippen LogP contribution in [0.1, 0.15) is 81.0 Å². The van der Waals surface area contributed by atoms with Gasteiger partial charge in [-0.3, -0.25) is 14.5 Å². The minimum absolute atomic E-state index is 0.193. The molecule has 0 N–H and O–H groups in total. The van der Waals surface area contributed by atoms with Gasteiger partial charge in [0.05, 0.1) is 22.3 Å². The molecule has 0 saturated carbocycles. The van der Waals surface area contributed by atoms with Crippen LogP contribution in [0.25, 0.3) is 0 Å². The Morgan fingerprint density at radius 2 is 1.54 bits per heavy atom. The molecule has 2 heterocycles. The summed E-state index contributed by atoms with van der Waals surface area (Å²) < 4.78 is 12.1. The zero-order chi connectivity index (χ0) is 19.1. The van der Waals surface area contributed by atoms with Gasteiger partial charge in [0.15, 0.2) is 0 Å². The molecule has 140 valence electrons. The lowest BCUT2D eigenvalue weighted by Gasteiger charge is -2.32. The number of benzene rings is 1. The number of nitrogens with zero attached hydrogens (tertiary/aromatic N) is 1. The molecule has 0 atom stereocenters. The molecule has 2 aliphatic heterocycles. The van der Waals surface area contributed by atoms with Gasteiger partial charge in [0.25, 0.3) is 11.8 Å². The Kier molecular flexibility index (Phi) is 5.01. The van der Waals surface area contributed by atoms with Crippen molar-refractivity contribution in [3.05, 3.63) is 29.3 Å². The summed E-state index contributed by atoms with van der Waals surface area (Å²) in [6, 6.07) is 5.30. The van der Waals surface area contributed by atoms with Gasteiger partial charge < -0.3 is 9.31 Å². The molecule has 0 aromatic heterocycles. The van der Waals surface area contributed by atoms with Gasteiger partial charge in [0, 0.05) is 6.54 Å². The third-order valence-electron chi connectivity index (χ3n) is 5.76. The lowest BCUT2D eigenvalue weighted by Crippen LogP contribution is -2.41. The van der Waals surface area contributed by atoms with Crippen molar-refractivity contribution in [1.82, 2.24) is 4.90 Å². The topological polar surface area (TPSA) is 55.8 Å². The molecule has 6 heteroatoms. The van der Waals surface area contributed by atoms with Gasteiger partial charge in [-0.1, -0.05) is 32.3 Å². The largest absolute Gasteiger partial charge is 0.494 e. The summed E-state index contributed by atoms with van der Waals surface area (Å²) in [6.07, 6.45) is 4.13. The van der Waals surface area contributed by atoms with E-state index >= 15 is 0 Å². The summed E-state index contributed by atoms with van der Waals surface area (Å²) in [7, 11) is -0.535. The van der Waals surface area contributed by atoms with Crippen molar-refractivity contribution in [3.63, 3.8) is 0 Å². The Hall–Kier alpha value is -1.66. The van der Waals surface area contributed by atoms with Crippen LogP contribution in [0.2, 0.25) is 0 Å². The van der Waals surface area contributed by atoms with Crippen LogP contribution in [0.4, 0.5) is 0 Å². The minimum atomic E-state index is -0.535. The summed E-state index contributed by atoms with van der Waals surface area (Å²) in [6.45, 7) is 10.6. The fourth-order valence-corrected chi connectivity index (χ4v) is 3.33. The number of hydrogen-bond acceptors (Lipinski definition) is 4. The number of carbonyl (C=O) groups is 2. The van der Waals surface area contributed by atoms with Crippen LogP contribution in [-0.2, 0) is 9.31 Å². The number of amides is 2. The predicted octanol–water partition coefficient (Wildman–Crippen LogP) is 3.16. The maximum atomic E-state index is 12.7. The van der Waals surface area contributed by atoms with Crippen molar-refractivity contribution < 1.29 is 18.9 Å². The van der Waals surface area contributed by atoms with Crippen LogP contribution in [0.5, 0.6) is 0 Å². The van der Waals surface area contributed by atoms with Crippen LogP contribution in [-0.4, -0.2) is 41.6 Å². The maximum Gasteiger partial charge on any atom is 0.494 e. The quantitative estimate of drug-likeness (QED) is 0.446. The second-order valence-electron chi connectivity index (χ2n) is 8.22. The molecule has 0 unspecified atom stereocenters. The van der Waals surface area contributed by atoms with Gasteiger partial charge in [-0.2, -0.15) is 0 Å². The Labute approximate surface area is 156 Å². The molecule has 0 bridgehead atoms. The molecular weight excluding hydrogens is 329 g/mol. The third kappa shape index (κ3) is 3.21. The highest BCUT2D eigenvalue weighted by atomic mass is 16.7. The van der Waals surface area contributed by atoms with Gasteiger partial charge in [-0.25, -0.2) is 0 Å². The molecule has 0 radical (unpaired) electrons. The first-order valence-corrected chi connectivity index (χ1v) is 9.54. The van der Waals surface area contributed by atoms with E-state index in [1.807, 2.05) is 33.8 Å². The summed E-state index contributed by atoms with van der Waals surface area (Å²) in [4.78, 5) is 26.6. The number of hydrogen-bond donors (Lipinski definition) is 0. The average Bonchev–Trinajstić information content (AvgIpc) is 2.94. The molecule has 1 aromatic carbocycles. The van der Waals surface area contributed by atoms with Crippen molar-refractivity contribution >= 4 is 24.4 Å². The molecule has 3 rings (SSSR count). The average molecular weight is 357 g/mol. The first-order chi connectivity index (χ1) is 12.2. The molecule has 1 saturated heterocycles. The van der Waals surface area contributed by atoms with Crippen LogP contribution in [0, 0.1) is 0 Å². The van der Waals surface area contributed by atoms with Gasteiger partial charge in [-0.05, 0) is 51.7 Å². The molecular formula is C20H28BNO4. The van der Waals surface area contributed by atoms with E-state index in [0.717, 1.165) is 31.1 Å². The standard InChI is InChI=1S/C20H28BNO4/c1-6-7-8-9-12-22-17(23)15-11-10-14(13-16(15)18(22)24)21-25-19(2,3)20(4,5)26-21/h10-11,13H,6-9,12H2,1-5H3. The van der Waals surface area contributed by atoms with Crippen molar-refractivity contribution in [2.45, 2.75) is 71.5 Å². The zero-order valence-corrected chi connectivity index (χ0v) is 16.4. The lowest BCUT2D eigenvalue weighted by atomic mass is 9.78. The van der Waals surface area contributed by atoms with E-state index in [9.17, 15) is 9.59 Å². The summed E-state index contributed by atoms with van der Waals surface area (Å²) in [5.74, 6) is -0.401. The number of fused-ring (bicyclic) bond motifs is 1. The fraction of sp³-hybridized carbons (Fsp3) is 0.600. The SMILES string of the molecule is CCCCCCN1C(=O)c2ccc(B3OC(C)(C)C(C)(C)O3)cc2C1=O. The van der Waals surface area contributed by atoms with Crippen molar-refractivity contribution in [1.29, 1.82) is 0 Å². The highest BCUT2D eigenvalue weighted by Gasteiger charge is 2.52. The Morgan fingerprint density at radius 3 is 2.15 bits per heavy atom.